The molecule has 0 aliphatic rings. The van der Waals surface area contributed by atoms with Crippen molar-refractivity contribution in [1.29, 1.82) is 5.26 Å². The number of carbonyl (C=O) groups is 1. The van der Waals surface area contributed by atoms with Gasteiger partial charge in [-0.05, 0) is 27.7 Å². The number of aryl methyl sites for hydroxylation is 1. The highest BCUT2D eigenvalue weighted by Crippen LogP contribution is 2.22. The van der Waals surface area contributed by atoms with Gasteiger partial charge in [-0.3, -0.25) is 0 Å². The molecule has 5 nitrogen and oxygen atoms in total. The quantitative estimate of drug-likeness (QED) is 0.794. The Kier molecular flexibility index (Phi) is 3.47. The van der Waals surface area contributed by atoms with Crippen molar-refractivity contribution in [2.24, 2.45) is 0 Å². The van der Waals surface area contributed by atoms with Crippen molar-refractivity contribution >= 4 is 11.7 Å². The summed E-state index contributed by atoms with van der Waals surface area (Å²) in [6.45, 7) is 7.78. The average molecular weight is 235 g/mol. The first-order valence-electron chi connectivity index (χ1n) is 5.42. The van der Waals surface area contributed by atoms with Crippen LogP contribution in [-0.4, -0.2) is 16.1 Å². The molecule has 0 aliphatic heterocycles. The van der Waals surface area contributed by atoms with Gasteiger partial charge in [0.2, 0.25) is 0 Å². The summed E-state index contributed by atoms with van der Waals surface area (Å²) in [4.78, 5) is 12.0. The SMILES string of the molecule is CCn1cc(C#N)c(N)c1C(=O)OC(C)(C)C. The van der Waals surface area contributed by atoms with E-state index in [2.05, 4.69) is 0 Å². The van der Waals surface area contributed by atoms with E-state index in [0.29, 0.717) is 12.1 Å². The molecule has 17 heavy (non-hydrogen) atoms. The second kappa shape index (κ2) is 4.50. The molecule has 0 unspecified atom stereocenters. The van der Waals surface area contributed by atoms with Crippen molar-refractivity contribution in [3.63, 3.8) is 0 Å². The van der Waals surface area contributed by atoms with Crippen molar-refractivity contribution in [3.05, 3.63) is 17.5 Å². The maximum absolute atomic E-state index is 12.0. The van der Waals surface area contributed by atoms with Gasteiger partial charge in [0.15, 0.2) is 5.69 Å². The van der Waals surface area contributed by atoms with E-state index in [-0.39, 0.29) is 11.4 Å². The Labute approximate surface area is 101 Å². The van der Waals surface area contributed by atoms with Crippen LogP contribution in [-0.2, 0) is 11.3 Å². The van der Waals surface area contributed by atoms with E-state index in [1.54, 1.807) is 31.5 Å². The molecule has 1 aromatic heterocycles. The number of aromatic nitrogens is 1. The summed E-state index contributed by atoms with van der Waals surface area (Å²) in [5.74, 6) is -0.502. The Morgan fingerprint density at radius 2 is 2.18 bits per heavy atom. The van der Waals surface area contributed by atoms with Crippen LogP contribution in [0.2, 0.25) is 0 Å². The molecule has 0 amide bonds. The third-order valence-electron chi connectivity index (χ3n) is 2.17. The molecule has 0 spiro atoms. The molecule has 0 atom stereocenters. The molecule has 0 bridgehead atoms. The topological polar surface area (TPSA) is 81.0 Å². The third-order valence-corrected chi connectivity index (χ3v) is 2.17. The van der Waals surface area contributed by atoms with E-state index in [1.165, 1.54) is 0 Å². The van der Waals surface area contributed by atoms with E-state index in [9.17, 15) is 4.79 Å². The van der Waals surface area contributed by atoms with Crippen molar-refractivity contribution in [1.82, 2.24) is 4.57 Å². The number of nitriles is 1. The summed E-state index contributed by atoms with van der Waals surface area (Å²) >= 11 is 0. The van der Waals surface area contributed by atoms with E-state index in [1.807, 2.05) is 13.0 Å². The second-order valence-corrected chi connectivity index (χ2v) is 4.70. The van der Waals surface area contributed by atoms with Crippen LogP contribution in [0.3, 0.4) is 0 Å². The Hall–Kier alpha value is -1.96. The fraction of sp³-hybridized carbons (Fsp3) is 0.500. The molecule has 1 rings (SSSR count). The molecule has 1 heterocycles. The van der Waals surface area contributed by atoms with Gasteiger partial charge in [0.05, 0.1) is 11.3 Å². The lowest BCUT2D eigenvalue weighted by Gasteiger charge is -2.20. The zero-order valence-corrected chi connectivity index (χ0v) is 10.6. The number of nitrogens with zero attached hydrogens (tertiary/aromatic N) is 2. The van der Waals surface area contributed by atoms with Gasteiger partial charge in [-0.15, -0.1) is 0 Å². The molecule has 5 heteroatoms. The fourth-order valence-corrected chi connectivity index (χ4v) is 1.46. The highest BCUT2D eigenvalue weighted by atomic mass is 16.6. The number of hydrogen-bond acceptors (Lipinski definition) is 4. The van der Waals surface area contributed by atoms with Gasteiger partial charge in [-0.2, -0.15) is 5.26 Å². The minimum Gasteiger partial charge on any atom is -0.455 e. The molecular weight excluding hydrogens is 218 g/mol. The lowest BCUT2D eigenvalue weighted by atomic mass is 10.2. The van der Waals surface area contributed by atoms with Gasteiger partial charge in [0.1, 0.15) is 11.7 Å². The molecule has 2 N–H and O–H groups in total. The lowest BCUT2D eigenvalue weighted by molar-refractivity contribution is 0.00592. The molecular formula is C12H17N3O2. The van der Waals surface area contributed by atoms with Crippen LogP contribution < -0.4 is 5.73 Å². The summed E-state index contributed by atoms with van der Waals surface area (Å²) in [5.41, 5.74) is 5.91. The van der Waals surface area contributed by atoms with Crippen LogP contribution in [0, 0.1) is 11.3 Å². The standard InChI is InChI=1S/C12H17N3O2/c1-5-15-7-8(6-13)9(14)10(15)11(16)17-12(2,3)4/h7H,5,14H2,1-4H3. The Morgan fingerprint density at radius 3 is 2.59 bits per heavy atom. The normalized spacial score (nSPS) is 11.0. The van der Waals surface area contributed by atoms with Crippen molar-refractivity contribution < 1.29 is 9.53 Å². The predicted octanol–water partition coefficient (Wildman–Crippen LogP) is 1.92. The van der Waals surface area contributed by atoms with Crippen LogP contribution in [0.1, 0.15) is 43.7 Å². The molecule has 0 saturated heterocycles. The second-order valence-electron chi connectivity index (χ2n) is 4.70. The van der Waals surface area contributed by atoms with Gasteiger partial charge in [-0.1, -0.05) is 0 Å². The number of carbonyl (C=O) groups excluding carboxylic acids is 1. The zero-order valence-electron chi connectivity index (χ0n) is 10.6. The minimum atomic E-state index is -0.584. The van der Waals surface area contributed by atoms with Crippen LogP contribution in [0.5, 0.6) is 0 Å². The first-order chi connectivity index (χ1) is 7.80. The Morgan fingerprint density at radius 1 is 1.59 bits per heavy atom. The summed E-state index contributed by atoms with van der Waals surface area (Å²) in [5, 5.41) is 8.87. The molecule has 1 aromatic rings. The Balaban J connectivity index is 3.18. The van der Waals surface area contributed by atoms with E-state index in [0.717, 1.165) is 0 Å². The molecule has 92 valence electrons. The molecule has 0 aromatic carbocycles. The number of nitrogen functional groups attached to an aromatic ring is 1. The molecule has 0 aliphatic carbocycles. The van der Waals surface area contributed by atoms with Crippen LogP contribution in [0.25, 0.3) is 0 Å². The lowest BCUT2D eigenvalue weighted by Crippen LogP contribution is -2.26. The maximum Gasteiger partial charge on any atom is 0.357 e. The van der Waals surface area contributed by atoms with Gasteiger partial charge in [0, 0.05) is 12.7 Å². The first-order valence-corrected chi connectivity index (χ1v) is 5.42. The van der Waals surface area contributed by atoms with E-state index >= 15 is 0 Å². The summed E-state index contributed by atoms with van der Waals surface area (Å²) in [6, 6.07) is 1.95. The number of esters is 1. The maximum atomic E-state index is 12.0. The number of anilines is 1. The fourth-order valence-electron chi connectivity index (χ4n) is 1.46. The third kappa shape index (κ3) is 2.78. The monoisotopic (exact) mass is 235 g/mol. The van der Waals surface area contributed by atoms with Crippen LogP contribution >= 0.6 is 0 Å². The first kappa shape index (κ1) is 13.1. The van der Waals surface area contributed by atoms with Gasteiger partial charge < -0.3 is 15.0 Å². The van der Waals surface area contributed by atoms with Gasteiger partial charge in [0.25, 0.3) is 0 Å². The largest absolute Gasteiger partial charge is 0.455 e. The molecule has 0 radical (unpaired) electrons. The number of hydrogen-bond donors (Lipinski definition) is 1. The zero-order chi connectivity index (χ0) is 13.2. The summed E-state index contributed by atoms with van der Waals surface area (Å²) < 4.78 is 6.88. The van der Waals surface area contributed by atoms with Crippen molar-refractivity contribution in [2.75, 3.05) is 5.73 Å². The van der Waals surface area contributed by atoms with Gasteiger partial charge >= 0.3 is 5.97 Å². The molecule has 0 fully saturated rings. The number of rotatable bonds is 2. The van der Waals surface area contributed by atoms with E-state index < -0.39 is 11.6 Å². The van der Waals surface area contributed by atoms with Crippen LogP contribution in [0.4, 0.5) is 5.69 Å². The predicted molar refractivity (Wildman–Crippen MR) is 64.4 cm³/mol. The number of nitrogens with two attached hydrogens (primary N) is 1. The minimum absolute atomic E-state index is 0.184. The number of ether oxygens (including phenoxy) is 1. The molecule has 0 saturated carbocycles. The van der Waals surface area contributed by atoms with Crippen molar-refractivity contribution in [3.8, 4) is 6.07 Å². The smallest absolute Gasteiger partial charge is 0.357 e. The van der Waals surface area contributed by atoms with Crippen LogP contribution in [0.15, 0.2) is 6.20 Å². The highest BCUT2D eigenvalue weighted by molar-refractivity contribution is 5.95. The van der Waals surface area contributed by atoms with Gasteiger partial charge in [-0.25, -0.2) is 4.79 Å². The Bertz CT molecular complexity index is 475. The van der Waals surface area contributed by atoms with E-state index in [4.69, 9.17) is 15.7 Å². The average Bonchev–Trinajstić information content (AvgIpc) is 2.52. The summed E-state index contributed by atoms with van der Waals surface area (Å²) in [7, 11) is 0. The summed E-state index contributed by atoms with van der Waals surface area (Å²) in [6.07, 6.45) is 1.56. The highest BCUT2D eigenvalue weighted by Gasteiger charge is 2.24. The van der Waals surface area contributed by atoms with Crippen molar-refractivity contribution in [2.45, 2.75) is 39.8 Å².